The number of amides is 1. The second-order valence-electron chi connectivity index (χ2n) is 14.6. The Morgan fingerprint density at radius 1 is 0.729 bits per heavy atom. The molecular weight excluding hydrogens is 623 g/mol. The van der Waals surface area contributed by atoms with Gasteiger partial charge in [-0.2, -0.15) is 0 Å². The molecule has 0 aromatic carbocycles. The molecular formula is C39H77N2O6P. The van der Waals surface area contributed by atoms with Crippen LogP contribution >= 0.6 is 7.82 Å². The molecule has 0 aromatic heterocycles. The highest BCUT2D eigenvalue weighted by molar-refractivity contribution is 7.45. The lowest BCUT2D eigenvalue weighted by atomic mass is 10.0. The molecule has 0 rings (SSSR count). The van der Waals surface area contributed by atoms with Gasteiger partial charge in [0.15, 0.2) is 0 Å². The van der Waals surface area contributed by atoms with Gasteiger partial charge in [-0.1, -0.05) is 141 Å². The van der Waals surface area contributed by atoms with E-state index in [0.717, 1.165) is 64.2 Å². The highest BCUT2D eigenvalue weighted by Gasteiger charge is 2.24. The summed E-state index contributed by atoms with van der Waals surface area (Å²) >= 11 is 0. The average Bonchev–Trinajstić information content (AvgIpc) is 3.02. The summed E-state index contributed by atoms with van der Waals surface area (Å²) in [6.45, 7) is 4.65. The van der Waals surface area contributed by atoms with Crippen LogP contribution < -0.4 is 10.2 Å². The van der Waals surface area contributed by atoms with Crippen LogP contribution in [0.25, 0.3) is 0 Å². The van der Waals surface area contributed by atoms with Crippen molar-refractivity contribution in [1.82, 2.24) is 5.32 Å². The van der Waals surface area contributed by atoms with E-state index >= 15 is 0 Å². The summed E-state index contributed by atoms with van der Waals surface area (Å²) in [6.07, 6.45) is 34.6. The van der Waals surface area contributed by atoms with Gasteiger partial charge in [-0.15, -0.1) is 0 Å². The number of hydrogen-bond donors (Lipinski definition) is 2. The Bertz CT molecular complexity index is 845. The molecule has 0 spiro atoms. The summed E-state index contributed by atoms with van der Waals surface area (Å²) in [5.74, 6) is -0.182. The first kappa shape index (κ1) is 47.0. The summed E-state index contributed by atoms with van der Waals surface area (Å²) < 4.78 is 23.1. The molecule has 0 radical (unpaired) electrons. The SMILES string of the molecule is CCCCCC/C=C\C/C=C\CCCCCCCC(=O)NC(COP(=O)([O-])OCC[N+](C)(C)C)C(O)CCCCCCCCCCCC. The number of unbranched alkanes of at least 4 members (excludes halogenated alkanes) is 18. The van der Waals surface area contributed by atoms with E-state index in [0.29, 0.717) is 23.9 Å². The van der Waals surface area contributed by atoms with Crippen molar-refractivity contribution in [2.24, 2.45) is 0 Å². The number of aliphatic hydroxyl groups excluding tert-OH is 1. The lowest BCUT2D eigenvalue weighted by molar-refractivity contribution is -0.870. The van der Waals surface area contributed by atoms with Crippen LogP contribution in [0.15, 0.2) is 24.3 Å². The molecule has 0 aliphatic carbocycles. The molecule has 3 unspecified atom stereocenters. The number of rotatable bonds is 35. The summed E-state index contributed by atoms with van der Waals surface area (Å²) in [5.41, 5.74) is 0. The van der Waals surface area contributed by atoms with Crippen molar-refractivity contribution in [3.63, 3.8) is 0 Å². The second kappa shape index (κ2) is 31.9. The zero-order valence-corrected chi connectivity index (χ0v) is 32.8. The first-order valence-electron chi connectivity index (χ1n) is 19.7. The molecule has 0 aliphatic heterocycles. The number of likely N-dealkylation sites (N-methyl/N-ethyl adjacent to an activating group) is 1. The van der Waals surface area contributed by atoms with Crippen molar-refractivity contribution < 1.29 is 32.9 Å². The van der Waals surface area contributed by atoms with E-state index < -0.39 is 20.0 Å². The Kier molecular flexibility index (Phi) is 31.2. The van der Waals surface area contributed by atoms with Crippen molar-refractivity contribution in [3.05, 3.63) is 24.3 Å². The number of nitrogens with zero attached hydrogens (tertiary/aromatic N) is 1. The molecule has 48 heavy (non-hydrogen) atoms. The smallest absolute Gasteiger partial charge is 0.268 e. The van der Waals surface area contributed by atoms with Crippen LogP contribution in [-0.2, 0) is 18.4 Å². The molecule has 284 valence electrons. The van der Waals surface area contributed by atoms with E-state index in [2.05, 4.69) is 43.5 Å². The van der Waals surface area contributed by atoms with Gasteiger partial charge in [0.1, 0.15) is 13.2 Å². The third kappa shape index (κ3) is 33.5. The molecule has 0 aliphatic rings. The number of allylic oxidation sites excluding steroid dienone is 4. The third-order valence-electron chi connectivity index (χ3n) is 8.69. The van der Waals surface area contributed by atoms with Gasteiger partial charge in [-0.3, -0.25) is 9.36 Å². The Morgan fingerprint density at radius 2 is 1.21 bits per heavy atom. The van der Waals surface area contributed by atoms with Gasteiger partial charge in [0.05, 0.1) is 39.9 Å². The lowest BCUT2D eigenvalue weighted by Gasteiger charge is -2.30. The number of carbonyl (C=O) groups is 1. The van der Waals surface area contributed by atoms with E-state index in [9.17, 15) is 19.4 Å². The van der Waals surface area contributed by atoms with E-state index in [1.165, 1.54) is 77.0 Å². The van der Waals surface area contributed by atoms with Crippen LogP contribution in [0.1, 0.15) is 168 Å². The topological polar surface area (TPSA) is 108 Å². The number of quaternary nitrogens is 1. The molecule has 3 atom stereocenters. The summed E-state index contributed by atoms with van der Waals surface area (Å²) in [4.78, 5) is 25.2. The molecule has 0 bridgehead atoms. The van der Waals surface area contributed by atoms with E-state index in [4.69, 9.17) is 9.05 Å². The van der Waals surface area contributed by atoms with Crippen molar-refractivity contribution in [2.75, 3.05) is 40.9 Å². The van der Waals surface area contributed by atoms with Crippen LogP contribution in [-0.4, -0.2) is 68.5 Å². The molecule has 0 saturated carbocycles. The summed E-state index contributed by atoms with van der Waals surface area (Å²) in [6, 6.07) is -0.803. The molecule has 0 saturated heterocycles. The Hall–Kier alpha value is -1.02. The standard InChI is InChI=1S/C39H77N2O6P/c1-6-8-10-12-14-16-18-19-20-21-22-23-25-27-29-31-33-39(43)40-37(36-47-48(44,45)46-35-34-41(3,4)5)38(42)32-30-28-26-24-17-15-13-11-9-7-2/h16,18,20-21,37-38,42H,6-15,17,19,22-36H2,1-5H3,(H-,40,43,44,45)/b18-16-,21-20-. The van der Waals surface area contributed by atoms with Gasteiger partial charge >= 0.3 is 0 Å². The number of nitrogens with one attached hydrogen (secondary N) is 1. The summed E-state index contributed by atoms with van der Waals surface area (Å²) in [7, 11) is 1.29. The number of aliphatic hydroxyl groups is 1. The van der Waals surface area contributed by atoms with Gasteiger partial charge < -0.3 is 28.8 Å². The minimum atomic E-state index is -4.56. The molecule has 0 heterocycles. The second-order valence-corrected chi connectivity index (χ2v) is 16.0. The summed E-state index contributed by atoms with van der Waals surface area (Å²) in [5, 5.41) is 13.8. The molecule has 9 heteroatoms. The molecule has 2 N–H and O–H groups in total. The number of phosphoric acid groups is 1. The molecule has 0 aromatic rings. The quantitative estimate of drug-likeness (QED) is 0.0295. The number of phosphoric ester groups is 1. The van der Waals surface area contributed by atoms with Crippen LogP contribution in [0.5, 0.6) is 0 Å². The average molecular weight is 701 g/mol. The van der Waals surface area contributed by atoms with E-state index in [1.54, 1.807) is 0 Å². The fourth-order valence-electron chi connectivity index (χ4n) is 5.48. The van der Waals surface area contributed by atoms with Gasteiger partial charge in [0.25, 0.3) is 7.82 Å². The highest BCUT2D eigenvalue weighted by atomic mass is 31.2. The minimum absolute atomic E-state index is 0.00927. The van der Waals surface area contributed by atoms with Crippen molar-refractivity contribution in [3.8, 4) is 0 Å². The maximum Gasteiger partial charge on any atom is 0.268 e. The minimum Gasteiger partial charge on any atom is -0.756 e. The van der Waals surface area contributed by atoms with Crippen LogP contribution in [0.3, 0.4) is 0 Å². The van der Waals surface area contributed by atoms with Crippen LogP contribution in [0.2, 0.25) is 0 Å². The maximum absolute atomic E-state index is 12.8. The normalized spacial score (nSPS) is 14.9. The van der Waals surface area contributed by atoms with Gasteiger partial charge in [0, 0.05) is 6.42 Å². The monoisotopic (exact) mass is 701 g/mol. The first-order valence-corrected chi connectivity index (χ1v) is 21.1. The predicted octanol–water partition coefficient (Wildman–Crippen LogP) is 9.55. The van der Waals surface area contributed by atoms with Crippen molar-refractivity contribution in [1.29, 1.82) is 0 Å². The lowest BCUT2D eigenvalue weighted by Crippen LogP contribution is -2.46. The molecule has 1 amide bonds. The van der Waals surface area contributed by atoms with Gasteiger partial charge in [-0.25, -0.2) is 0 Å². The third-order valence-corrected chi connectivity index (χ3v) is 9.66. The zero-order valence-electron chi connectivity index (χ0n) is 31.9. The van der Waals surface area contributed by atoms with Crippen molar-refractivity contribution in [2.45, 2.75) is 180 Å². The number of hydrogen-bond acceptors (Lipinski definition) is 6. The Labute approximate surface area is 296 Å². The molecule has 8 nitrogen and oxygen atoms in total. The largest absolute Gasteiger partial charge is 0.756 e. The van der Waals surface area contributed by atoms with Crippen LogP contribution in [0.4, 0.5) is 0 Å². The fraction of sp³-hybridized carbons (Fsp3) is 0.872. The van der Waals surface area contributed by atoms with Crippen molar-refractivity contribution >= 4 is 13.7 Å². The maximum atomic E-state index is 12.8. The Balaban J connectivity index is 4.45. The predicted molar refractivity (Wildman–Crippen MR) is 201 cm³/mol. The molecule has 0 fully saturated rings. The van der Waals surface area contributed by atoms with E-state index in [1.807, 2.05) is 21.1 Å². The highest BCUT2D eigenvalue weighted by Crippen LogP contribution is 2.38. The van der Waals surface area contributed by atoms with Gasteiger partial charge in [-0.05, 0) is 44.9 Å². The van der Waals surface area contributed by atoms with Gasteiger partial charge in [0.2, 0.25) is 5.91 Å². The first-order chi connectivity index (χ1) is 23.0. The van der Waals surface area contributed by atoms with Crippen LogP contribution in [0, 0.1) is 0 Å². The Morgan fingerprint density at radius 3 is 1.75 bits per heavy atom. The fourth-order valence-corrected chi connectivity index (χ4v) is 6.20. The van der Waals surface area contributed by atoms with E-state index in [-0.39, 0.29) is 19.1 Å². The number of carbonyl (C=O) groups excluding carboxylic acids is 1. The zero-order chi connectivity index (χ0) is 35.8.